The van der Waals surface area contributed by atoms with Gasteiger partial charge in [-0.15, -0.1) is 0 Å². The topological polar surface area (TPSA) is 127 Å². The van der Waals surface area contributed by atoms with Crippen molar-refractivity contribution in [1.29, 1.82) is 0 Å². The average molecular weight is 420 g/mol. The molecule has 0 aliphatic carbocycles. The van der Waals surface area contributed by atoms with E-state index >= 15 is 0 Å². The van der Waals surface area contributed by atoms with Crippen molar-refractivity contribution < 1.29 is 14.7 Å². The van der Waals surface area contributed by atoms with Gasteiger partial charge in [-0.05, 0) is 17.7 Å². The number of imidazole rings is 1. The molecule has 0 unspecified atom stereocenters. The number of aliphatic carboxylic acids is 1. The molecule has 0 radical (unpaired) electrons. The number of hydrogen-bond donors (Lipinski definition) is 2. The Morgan fingerprint density at radius 1 is 1.06 bits per heavy atom. The van der Waals surface area contributed by atoms with Crippen LogP contribution in [0.1, 0.15) is 25.3 Å². The van der Waals surface area contributed by atoms with Crippen molar-refractivity contribution in [3.8, 4) is 11.4 Å². The quantitative estimate of drug-likeness (QED) is 0.653. The summed E-state index contributed by atoms with van der Waals surface area (Å²) < 4.78 is 1.99. The molecular weight excluding hydrogens is 396 g/mol. The van der Waals surface area contributed by atoms with Crippen molar-refractivity contribution in [1.82, 2.24) is 19.5 Å². The monoisotopic (exact) mass is 420 g/mol. The predicted molar refractivity (Wildman–Crippen MR) is 117 cm³/mol. The molecule has 1 amide bonds. The minimum absolute atomic E-state index is 0.0458. The normalized spacial score (nSPS) is 13.3. The number of amides is 1. The number of anilines is 1. The van der Waals surface area contributed by atoms with E-state index in [0.29, 0.717) is 31.7 Å². The van der Waals surface area contributed by atoms with Crippen LogP contribution in [0, 0.1) is 0 Å². The summed E-state index contributed by atoms with van der Waals surface area (Å²) in [5, 5.41) is 13.6. The van der Waals surface area contributed by atoms with Crippen LogP contribution < -0.4 is 5.73 Å². The number of hydrogen-bond acceptors (Lipinski definition) is 6. The number of hydrazone groups is 1. The SMILES string of the molecule is CC(=O)O.Nc1cc(-c2nccn2CCN2N=C(c3ccccc3)CCC2=O)ccn1. The zero-order valence-corrected chi connectivity index (χ0v) is 17.2. The Bertz CT molecular complexity index is 1070. The summed E-state index contributed by atoms with van der Waals surface area (Å²) in [6.07, 6.45) is 6.44. The first-order chi connectivity index (χ1) is 14.9. The molecule has 3 aromatic rings. The predicted octanol–water partition coefficient (Wildman–Crippen LogP) is 2.64. The first-order valence-corrected chi connectivity index (χ1v) is 9.80. The molecule has 9 heteroatoms. The Morgan fingerprint density at radius 2 is 1.81 bits per heavy atom. The van der Waals surface area contributed by atoms with E-state index in [1.807, 2.05) is 47.2 Å². The van der Waals surface area contributed by atoms with E-state index in [1.165, 1.54) is 0 Å². The van der Waals surface area contributed by atoms with Crippen molar-refractivity contribution in [3.63, 3.8) is 0 Å². The third-order valence-electron chi connectivity index (χ3n) is 4.52. The van der Waals surface area contributed by atoms with Gasteiger partial charge in [-0.1, -0.05) is 30.3 Å². The summed E-state index contributed by atoms with van der Waals surface area (Å²) in [5.41, 5.74) is 8.68. The van der Waals surface area contributed by atoms with Crippen LogP contribution in [0.15, 0.2) is 66.2 Å². The fraction of sp³-hybridized carbons (Fsp3) is 0.227. The molecular formula is C22H24N6O3. The largest absolute Gasteiger partial charge is 0.481 e. The molecule has 0 fully saturated rings. The number of carbonyl (C=O) groups excluding carboxylic acids is 1. The second-order valence-electron chi connectivity index (χ2n) is 6.86. The zero-order valence-electron chi connectivity index (χ0n) is 17.2. The van der Waals surface area contributed by atoms with E-state index in [-0.39, 0.29) is 5.91 Å². The summed E-state index contributed by atoms with van der Waals surface area (Å²) in [6, 6.07) is 13.6. The lowest BCUT2D eigenvalue weighted by molar-refractivity contribution is -0.134. The van der Waals surface area contributed by atoms with Crippen LogP contribution >= 0.6 is 0 Å². The molecule has 160 valence electrons. The lowest BCUT2D eigenvalue weighted by atomic mass is 10.0. The number of carboxylic acid groups (broad SMARTS) is 1. The number of carboxylic acids is 1. The highest BCUT2D eigenvalue weighted by Gasteiger charge is 2.21. The first kappa shape index (κ1) is 21.7. The third kappa shape index (κ3) is 5.99. The van der Waals surface area contributed by atoms with Crippen LogP contribution in [0.3, 0.4) is 0 Å². The number of benzene rings is 1. The Hall–Kier alpha value is -4.01. The van der Waals surface area contributed by atoms with E-state index in [4.69, 9.17) is 15.6 Å². The summed E-state index contributed by atoms with van der Waals surface area (Å²) >= 11 is 0. The van der Waals surface area contributed by atoms with Crippen molar-refractivity contribution in [3.05, 3.63) is 66.6 Å². The van der Waals surface area contributed by atoms with Crippen LogP contribution in [-0.2, 0) is 16.1 Å². The third-order valence-corrected chi connectivity index (χ3v) is 4.52. The second-order valence-corrected chi connectivity index (χ2v) is 6.86. The zero-order chi connectivity index (χ0) is 22.2. The Kier molecular flexibility index (Phi) is 7.10. The lowest BCUT2D eigenvalue weighted by Crippen LogP contribution is -2.34. The lowest BCUT2D eigenvalue weighted by Gasteiger charge is -2.24. The Morgan fingerprint density at radius 3 is 2.52 bits per heavy atom. The molecule has 3 N–H and O–H groups in total. The van der Waals surface area contributed by atoms with Gasteiger partial charge >= 0.3 is 0 Å². The summed E-state index contributed by atoms with van der Waals surface area (Å²) in [6.45, 7) is 2.16. The molecule has 0 saturated heterocycles. The van der Waals surface area contributed by atoms with Crippen LogP contribution in [0.2, 0.25) is 0 Å². The molecule has 4 rings (SSSR count). The molecule has 2 aromatic heterocycles. The number of nitrogen functional groups attached to an aromatic ring is 1. The van der Waals surface area contributed by atoms with Gasteiger partial charge in [-0.3, -0.25) is 9.59 Å². The van der Waals surface area contributed by atoms with Crippen LogP contribution in [0.5, 0.6) is 0 Å². The van der Waals surface area contributed by atoms with E-state index in [0.717, 1.165) is 29.6 Å². The van der Waals surface area contributed by atoms with Crippen LogP contribution in [0.4, 0.5) is 5.82 Å². The maximum atomic E-state index is 12.3. The van der Waals surface area contributed by atoms with E-state index in [9.17, 15) is 4.79 Å². The fourth-order valence-electron chi connectivity index (χ4n) is 3.15. The highest BCUT2D eigenvalue weighted by molar-refractivity contribution is 6.04. The van der Waals surface area contributed by atoms with Crippen LogP contribution in [0.25, 0.3) is 11.4 Å². The molecule has 9 nitrogen and oxygen atoms in total. The maximum absolute atomic E-state index is 12.3. The fourth-order valence-corrected chi connectivity index (χ4v) is 3.15. The minimum atomic E-state index is -0.833. The number of rotatable bonds is 5. The summed E-state index contributed by atoms with van der Waals surface area (Å²) in [4.78, 5) is 29.7. The van der Waals surface area contributed by atoms with Crippen molar-refractivity contribution in [2.75, 3.05) is 12.3 Å². The number of carbonyl (C=O) groups is 2. The average Bonchev–Trinajstić information content (AvgIpc) is 3.22. The standard InChI is InChI=1S/C20H20N6O.C2H4O2/c21-18-14-16(8-9-22-18)20-23-10-11-25(20)12-13-26-19(27)7-6-17(24-26)15-4-2-1-3-5-15;1-2(3)4/h1-5,8-11,14H,6-7,12-13H2,(H2,21,22);1H3,(H,3,4). The number of pyridine rings is 1. The maximum Gasteiger partial charge on any atom is 0.300 e. The molecule has 0 saturated carbocycles. The Balaban J connectivity index is 0.000000628. The van der Waals surface area contributed by atoms with Crippen molar-refractivity contribution >= 4 is 23.4 Å². The highest BCUT2D eigenvalue weighted by atomic mass is 16.4. The smallest absolute Gasteiger partial charge is 0.300 e. The highest BCUT2D eigenvalue weighted by Crippen LogP contribution is 2.19. The van der Waals surface area contributed by atoms with Gasteiger partial charge in [0.1, 0.15) is 11.6 Å². The second kappa shape index (κ2) is 10.1. The molecule has 1 aromatic carbocycles. The van der Waals surface area contributed by atoms with Gasteiger partial charge in [0.05, 0.1) is 12.3 Å². The number of aromatic nitrogens is 3. The first-order valence-electron chi connectivity index (χ1n) is 9.80. The van der Waals surface area contributed by atoms with Gasteiger partial charge in [0.15, 0.2) is 0 Å². The van der Waals surface area contributed by atoms with Crippen LogP contribution in [-0.4, -0.2) is 48.8 Å². The van der Waals surface area contributed by atoms with Crippen molar-refractivity contribution in [2.24, 2.45) is 5.10 Å². The van der Waals surface area contributed by atoms with E-state index < -0.39 is 5.97 Å². The van der Waals surface area contributed by atoms with Gasteiger partial charge in [-0.2, -0.15) is 5.10 Å². The van der Waals surface area contributed by atoms with Gasteiger partial charge in [0.25, 0.3) is 5.97 Å². The molecule has 1 aliphatic heterocycles. The molecule has 0 spiro atoms. The van der Waals surface area contributed by atoms with E-state index in [2.05, 4.69) is 15.1 Å². The number of nitrogens with two attached hydrogens (primary N) is 1. The van der Waals surface area contributed by atoms with Crippen molar-refractivity contribution in [2.45, 2.75) is 26.3 Å². The molecule has 0 atom stereocenters. The molecule has 1 aliphatic rings. The van der Waals surface area contributed by atoms with Gasteiger partial charge in [-0.25, -0.2) is 15.0 Å². The van der Waals surface area contributed by atoms with E-state index in [1.54, 1.807) is 23.5 Å². The molecule has 0 bridgehead atoms. The molecule has 31 heavy (non-hydrogen) atoms. The summed E-state index contributed by atoms with van der Waals surface area (Å²) in [7, 11) is 0. The summed E-state index contributed by atoms with van der Waals surface area (Å²) in [5.74, 6) is 0.454. The minimum Gasteiger partial charge on any atom is -0.481 e. The molecule has 3 heterocycles. The Labute approximate surface area is 179 Å². The van der Waals surface area contributed by atoms with Gasteiger partial charge in [0.2, 0.25) is 5.91 Å². The van der Waals surface area contributed by atoms with Gasteiger partial charge < -0.3 is 15.4 Å². The number of nitrogens with zero attached hydrogens (tertiary/aromatic N) is 5. The van der Waals surface area contributed by atoms with Gasteiger partial charge in [0, 0.05) is 50.5 Å².